The van der Waals surface area contributed by atoms with Gasteiger partial charge < -0.3 is 19.9 Å². The van der Waals surface area contributed by atoms with Gasteiger partial charge in [0.2, 0.25) is 0 Å². The lowest BCUT2D eigenvalue weighted by molar-refractivity contribution is 0.156. The molecular formula is C15H26IN5OS. The Bertz CT molecular complexity index is 542. The Kier molecular flexibility index (Phi) is 6.49. The van der Waals surface area contributed by atoms with E-state index in [1.165, 1.54) is 12.8 Å². The Labute approximate surface area is 159 Å². The number of likely N-dealkylation sites (tertiary alicyclic amines) is 1. The highest BCUT2D eigenvalue weighted by Crippen LogP contribution is 2.38. The number of guanidine groups is 1. The fourth-order valence-corrected chi connectivity index (χ4v) is 3.93. The summed E-state index contributed by atoms with van der Waals surface area (Å²) in [6.45, 7) is 4.64. The first-order chi connectivity index (χ1) is 10.6. The minimum Gasteiger partial charge on any atom is -0.381 e. The summed E-state index contributed by atoms with van der Waals surface area (Å²) >= 11 is 1.67. The standard InChI is InChI=1S/C15H25N5OS.HI/c1-16-13(17-8-12-9-22-14(18-12)19(2)3)20-6-4-15(10-20)5-7-21-11-15;/h9H,4-8,10-11H2,1-3H3,(H,16,17);1H. The molecule has 2 aliphatic rings. The molecule has 0 amide bonds. The molecule has 1 unspecified atom stereocenters. The maximum absolute atomic E-state index is 5.60. The van der Waals surface area contributed by atoms with Gasteiger partial charge in [0.05, 0.1) is 18.8 Å². The van der Waals surface area contributed by atoms with Crippen LogP contribution in [0.3, 0.4) is 0 Å². The topological polar surface area (TPSA) is 53.0 Å². The van der Waals surface area contributed by atoms with Crippen molar-refractivity contribution < 1.29 is 4.74 Å². The predicted octanol–water partition coefficient (Wildman–Crippen LogP) is 2.01. The van der Waals surface area contributed by atoms with Gasteiger partial charge in [0, 0.05) is 51.6 Å². The highest BCUT2D eigenvalue weighted by Gasteiger charge is 2.42. The molecule has 2 saturated heterocycles. The van der Waals surface area contributed by atoms with Crippen LogP contribution in [-0.2, 0) is 11.3 Å². The Morgan fingerprint density at radius 2 is 2.35 bits per heavy atom. The van der Waals surface area contributed by atoms with Crippen molar-refractivity contribution in [2.75, 3.05) is 52.3 Å². The molecule has 0 aliphatic carbocycles. The minimum atomic E-state index is 0. The highest BCUT2D eigenvalue weighted by molar-refractivity contribution is 14.0. The third kappa shape index (κ3) is 4.27. The normalized spacial score (nSPS) is 24.1. The van der Waals surface area contributed by atoms with Crippen molar-refractivity contribution in [2.45, 2.75) is 19.4 Å². The third-order valence-corrected chi connectivity index (χ3v) is 5.54. The lowest BCUT2D eigenvalue weighted by Crippen LogP contribution is -2.41. The molecule has 1 N–H and O–H groups in total. The monoisotopic (exact) mass is 451 g/mol. The van der Waals surface area contributed by atoms with Gasteiger partial charge in [-0.05, 0) is 12.8 Å². The zero-order chi connectivity index (χ0) is 15.6. The number of ether oxygens (including phenoxy) is 1. The van der Waals surface area contributed by atoms with Crippen molar-refractivity contribution >= 4 is 46.4 Å². The largest absolute Gasteiger partial charge is 0.381 e. The first-order valence-electron chi connectivity index (χ1n) is 7.77. The van der Waals surface area contributed by atoms with Gasteiger partial charge in [0.15, 0.2) is 11.1 Å². The Morgan fingerprint density at radius 3 is 2.96 bits per heavy atom. The second-order valence-electron chi connectivity index (χ2n) is 6.39. The number of nitrogens with one attached hydrogen (secondary N) is 1. The summed E-state index contributed by atoms with van der Waals surface area (Å²) in [5.41, 5.74) is 1.42. The number of rotatable bonds is 3. The van der Waals surface area contributed by atoms with Crippen molar-refractivity contribution in [2.24, 2.45) is 10.4 Å². The fraction of sp³-hybridized carbons (Fsp3) is 0.733. The lowest BCUT2D eigenvalue weighted by atomic mass is 9.87. The zero-order valence-corrected chi connectivity index (χ0v) is 17.2. The van der Waals surface area contributed by atoms with Gasteiger partial charge in [-0.3, -0.25) is 4.99 Å². The van der Waals surface area contributed by atoms with Crippen LogP contribution in [-0.4, -0.2) is 63.3 Å². The molecule has 0 bridgehead atoms. The molecule has 1 aromatic heterocycles. The summed E-state index contributed by atoms with van der Waals surface area (Å²) in [5.74, 6) is 0.975. The van der Waals surface area contributed by atoms with Gasteiger partial charge in [-0.1, -0.05) is 0 Å². The summed E-state index contributed by atoms with van der Waals surface area (Å²) in [6, 6.07) is 0. The Hall–Kier alpha value is -0.610. The number of hydrogen-bond donors (Lipinski definition) is 1. The molecule has 1 atom stereocenters. The molecule has 8 heteroatoms. The van der Waals surface area contributed by atoms with Gasteiger partial charge in [0.1, 0.15) is 0 Å². The van der Waals surface area contributed by atoms with Crippen LogP contribution in [0.25, 0.3) is 0 Å². The van der Waals surface area contributed by atoms with E-state index in [0.717, 1.165) is 49.6 Å². The molecule has 2 aliphatic heterocycles. The molecule has 2 fully saturated rings. The molecule has 3 rings (SSSR count). The van der Waals surface area contributed by atoms with Crippen molar-refractivity contribution in [1.82, 2.24) is 15.2 Å². The number of aromatic nitrogens is 1. The predicted molar refractivity (Wildman–Crippen MR) is 106 cm³/mol. The van der Waals surface area contributed by atoms with E-state index in [4.69, 9.17) is 4.74 Å². The van der Waals surface area contributed by atoms with Gasteiger partial charge in [0.25, 0.3) is 0 Å². The SMILES string of the molecule is CN=C(NCc1csc(N(C)C)n1)N1CCC2(CCOC2)C1.I. The first kappa shape index (κ1) is 18.7. The van der Waals surface area contributed by atoms with E-state index in [9.17, 15) is 0 Å². The van der Waals surface area contributed by atoms with Crippen LogP contribution >= 0.6 is 35.3 Å². The van der Waals surface area contributed by atoms with Crippen LogP contribution in [0.4, 0.5) is 5.13 Å². The molecule has 130 valence electrons. The van der Waals surface area contributed by atoms with E-state index in [1.807, 2.05) is 26.0 Å². The maximum Gasteiger partial charge on any atom is 0.193 e. The van der Waals surface area contributed by atoms with Crippen LogP contribution in [0, 0.1) is 5.41 Å². The summed E-state index contributed by atoms with van der Waals surface area (Å²) in [5, 5.41) is 6.59. The summed E-state index contributed by atoms with van der Waals surface area (Å²) in [6.07, 6.45) is 2.38. The Morgan fingerprint density at radius 1 is 1.52 bits per heavy atom. The molecule has 1 aromatic rings. The van der Waals surface area contributed by atoms with Crippen molar-refractivity contribution in [3.63, 3.8) is 0 Å². The summed E-state index contributed by atoms with van der Waals surface area (Å²) < 4.78 is 5.60. The number of nitrogens with zero attached hydrogens (tertiary/aromatic N) is 4. The second-order valence-corrected chi connectivity index (χ2v) is 7.23. The molecular weight excluding hydrogens is 425 g/mol. The fourth-order valence-electron chi connectivity index (χ4n) is 3.17. The van der Waals surface area contributed by atoms with Crippen LogP contribution < -0.4 is 10.2 Å². The van der Waals surface area contributed by atoms with E-state index in [0.29, 0.717) is 5.41 Å². The number of aliphatic imine (C=N–C) groups is 1. The van der Waals surface area contributed by atoms with Crippen LogP contribution in [0.5, 0.6) is 0 Å². The molecule has 6 nitrogen and oxygen atoms in total. The third-order valence-electron chi connectivity index (χ3n) is 4.48. The average Bonchev–Trinajstić information content (AvgIpc) is 3.23. The number of thiazole rings is 1. The van der Waals surface area contributed by atoms with E-state index in [-0.39, 0.29) is 24.0 Å². The van der Waals surface area contributed by atoms with Crippen LogP contribution in [0.1, 0.15) is 18.5 Å². The van der Waals surface area contributed by atoms with E-state index >= 15 is 0 Å². The average molecular weight is 451 g/mol. The highest BCUT2D eigenvalue weighted by atomic mass is 127. The Balaban J connectivity index is 0.00000192. The molecule has 3 heterocycles. The first-order valence-corrected chi connectivity index (χ1v) is 8.65. The molecule has 23 heavy (non-hydrogen) atoms. The number of halogens is 1. The van der Waals surface area contributed by atoms with Crippen molar-refractivity contribution in [3.8, 4) is 0 Å². The second kappa shape index (κ2) is 7.98. The van der Waals surface area contributed by atoms with Gasteiger partial charge in [-0.25, -0.2) is 4.98 Å². The molecule has 1 spiro atoms. The van der Waals surface area contributed by atoms with E-state index in [2.05, 4.69) is 25.6 Å². The van der Waals surface area contributed by atoms with Crippen molar-refractivity contribution in [1.29, 1.82) is 0 Å². The minimum absolute atomic E-state index is 0. The zero-order valence-electron chi connectivity index (χ0n) is 14.0. The van der Waals surface area contributed by atoms with Crippen LogP contribution in [0.2, 0.25) is 0 Å². The lowest BCUT2D eigenvalue weighted by Gasteiger charge is -2.24. The molecule has 0 aromatic carbocycles. The molecule has 0 saturated carbocycles. The van der Waals surface area contributed by atoms with Crippen LogP contribution in [0.15, 0.2) is 10.4 Å². The van der Waals surface area contributed by atoms with Gasteiger partial charge >= 0.3 is 0 Å². The summed E-state index contributed by atoms with van der Waals surface area (Å²) in [4.78, 5) is 13.4. The van der Waals surface area contributed by atoms with Gasteiger partial charge in [-0.2, -0.15) is 0 Å². The summed E-state index contributed by atoms with van der Waals surface area (Å²) in [7, 11) is 5.88. The van der Waals surface area contributed by atoms with E-state index in [1.54, 1.807) is 11.3 Å². The van der Waals surface area contributed by atoms with E-state index < -0.39 is 0 Å². The van der Waals surface area contributed by atoms with Crippen molar-refractivity contribution in [3.05, 3.63) is 11.1 Å². The smallest absolute Gasteiger partial charge is 0.193 e. The molecule has 0 radical (unpaired) electrons. The quantitative estimate of drug-likeness (QED) is 0.433. The van der Waals surface area contributed by atoms with Gasteiger partial charge in [-0.15, -0.1) is 35.3 Å². The number of anilines is 1. The number of hydrogen-bond acceptors (Lipinski definition) is 5. The maximum atomic E-state index is 5.60.